The van der Waals surface area contributed by atoms with Crippen LogP contribution in [0.3, 0.4) is 0 Å². The van der Waals surface area contributed by atoms with Crippen molar-refractivity contribution >= 4 is 11.8 Å². The molecule has 0 atom stereocenters. The average Bonchev–Trinajstić information content (AvgIpc) is 2.30. The zero-order valence-corrected chi connectivity index (χ0v) is 8.66. The summed E-state index contributed by atoms with van der Waals surface area (Å²) in [6.45, 7) is 1.83. The largest absolute Gasteiger partial charge is 0.469 e. The molecule has 0 spiro atoms. The van der Waals surface area contributed by atoms with Crippen LogP contribution < -0.4 is 0 Å². The van der Waals surface area contributed by atoms with E-state index in [0.717, 1.165) is 0 Å². The number of hydrogen-bond acceptors (Lipinski definition) is 8. The molecule has 8 heteroatoms. The molecule has 92 valence electrons. The maximum Gasteiger partial charge on any atom is 0.316 e. The Morgan fingerprint density at radius 3 is 1.44 bits per heavy atom. The highest BCUT2D eigenvalue weighted by Gasteiger charge is 2.15. The molecule has 0 aromatic carbocycles. The molecule has 1 saturated heterocycles. The monoisotopic (exact) mass is 234 g/mol. The van der Waals surface area contributed by atoms with Crippen LogP contribution in [0.1, 0.15) is 0 Å². The summed E-state index contributed by atoms with van der Waals surface area (Å²) in [5.41, 5.74) is 0. The van der Waals surface area contributed by atoms with Gasteiger partial charge in [-0.3, -0.25) is 0 Å². The highest BCUT2D eigenvalue weighted by Crippen LogP contribution is 1.93. The van der Waals surface area contributed by atoms with Crippen LogP contribution in [-0.2, 0) is 18.9 Å². The molecule has 0 aromatic rings. The van der Waals surface area contributed by atoms with E-state index in [9.17, 15) is 0 Å². The van der Waals surface area contributed by atoms with Gasteiger partial charge in [0.05, 0.1) is 26.4 Å². The van der Waals surface area contributed by atoms with Gasteiger partial charge in [0.15, 0.2) is 0 Å². The predicted molar refractivity (Wildman–Crippen MR) is 52.0 cm³/mol. The maximum atomic E-state index is 8.62. The average molecular weight is 234 g/mol. The number of oxime groups is 2. The molecule has 2 N–H and O–H groups in total. The van der Waals surface area contributed by atoms with Crippen molar-refractivity contribution in [2.45, 2.75) is 0 Å². The topological polar surface area (TPSA) is 102 Å². The second-order valence-electron chi connectivity index (χ2n) is 2.73. The molecule has 1 rings (SSSR count). The predicted octanol–water partition coefficient (Wildman–Crippen LogP) is -0.358. The Kier molecular flexibility index (Phi) is 6.04. The van der Waals surface area contributed by atoms with Crippen molar-refractivity contribution in [3.05, 3.63) is 0 Å². The third-order valence-corrected chi connectivity index (χ3v) is 1.67. The van der Waals surface area contributed by atoms with Gasteiger partial charge in [0.1, 0.15) is 13.2 Å². The molecular formula is C8H14N2O6. The molecular weight excluding hydrogens is 220 g/mol. The number of rotatable bonds is 0. The van der Waals surface area contributed by atoms with Crippen LogP contribution in [0.15, 0.2) is 10.3 Å². The van der Waals surface area contributed by atoms with Crippen LogP contribution in [-0.4, -0.2) is 61.9 Å². The molecule has 0 aromatic heterocycles. The quantitative estimate of drug-likeness (QED) is 0.438. The smallest absolute Gasteiger partial charge is 0.316 e. The maximum absolute atomic E-state index is 8.62. The standard InChI is InChI=1S/C8H14N2O6/c11-9-7-8(10-12)16-6-4-14-2-1-13-3-5-15-7/h11-12H,1-6H2/b9-7-,10-8-. The zero-order chi connectivity index (χ0) is 11.6. The number of hydrogen-bond donors (Lipinski definition) is 2. The summed E-state index contributed by atoms with van der Waals surface area (Å²) in [6, 6.07) is 0. The Bertz CT molecular complexity index is 229. The molecule has 0 bridgehead atoms. The molecule has 8 nitrogen and oxygen atoms in total. The van der Waals surface area contributed by atoms with Crippen molar-refractivity contribution in [3.8, 4) is 0 Å². The van der Waals surface area contributed by atoms with E-state index >= 15 is 0 Å². The first kappa shape index (κ1) is 12.5. The van der Waals surface area contributed by atoms with Gasteiger partial charge in [-0.2, -0.15) is 0 Å². The van der Waals surface area contributed by atoms with Gasteiger partial charge in [0, 0.05) is 0 Å². The van der Waals surface area contributed by atoms with E-state index in [2.05, 4.69) is 10.3 Å². The van der Waals surface area contributed by atoms with E-state index in [4.69, 9.17) is 29.4 Å². The van der Waals surface area contributed by atoms with Gasteiger partial charge in [0.2, 0.25) is 0 Å². The van der Waals surface area contributed by atoms with Crippen molar-refractivity contribution in [1.82, 2.24) is 0 Å². The van der Waals surface area contributed by atoms with E-state index in [-0.39, 0.29) is 25.0 Å². The Morgan fingerprint density at radius 2 is 1.06 bits per heavy atom. The molecule has 1 aliphatic heterocycles. The van der Waals surface area contributed by atoms with Gasteiger partial charge in [-0.1, -0.05) is 0 Å². The lowest BCUT2D eigenvalue weighted by molar-refractivity contribution is 0.0204. The van der Waals surface area contributed by atoms with Crippen LogP contribution in [0.4, 0.5) is 0 Å². The molecule has 16 heavy (non-hydrogen) atoms. The van der Waals surface area contributed by atoms with E-state index in [1.54, 1.807) is 0 Å². The minimum Gasteiger partial charge on any atom is -0.469 e. The highest BCUT2D eigenvalue weighted by molar-refractivity contribution is 6.34. The molecule has 0 radical (unpaired) electrons. The molecule has 1 fully saturated rings. The van der Waals surface area contributed by atoms with E-state index < -0.39 is 0 Å². The first-order chi connectivity index (χ1) is 7.88. The normalized spacial score (nSPS) is 25.2. The number of nitrogens with zero attached hydrogens (tertiary/aromatic N) is 2. The van der Waals surface area contributed by atoms with Gasteiger partial charge >= 0.3 is 11.8 Å². The van der Waals surface area contributed by atoms with Gasteiger partial charge in [-0.05, 0) is 10.3 Å². The van der Waals surface area contributed by atoms with Gasteiger partial charge in [-0.15, -0.1) is 0 Å². The SMILES string of the molecule is O/N=C1\OCCOCCOCCO\C1=N/O. The highest BCUT2D eigenvalue weighted by atomic mass is 16.6. The van der Waals surface area contributed by atoms with Gasteiger partial charge < -0.3 is 29.4 Å². The Balaban J connectivity index is 2.53. The lowest BCUT2D eigenvalue weighted by Gasteiger charge is -2.12. The van der Waals surface area contributed by atoms with Crippen LogP contribution in [0, 0.1) is 0 Å². The molecule has 0 saturated carbocycles. The van der Waals surface area contributed by atoms with Crippen molar-refractivity contribution in [2.24, 2.45) is 10.3 Å². The fourth-order valence-corrected chi connectivity index (χ4v) is 0.983. The third-order valence-electron chi connectivity index (χ3n) is 1.67. The fraction of sp³-hybridized carbons (Fsp3) is 0.750. The van der Waals surface area contributed by atoms with Crippen molar-refractivity contribution in [3.63, 3.8) is 0 Å². The molecule has 0 aliphatic carbocycles. The Morgan fingerprint density at radius 1 is 0.688 bits per heavy atom. The lowest BCUT2D eigenvalue weighted by Crippen LogP contribution is -2.26. The van der Waals surface area contributed by atoms with E-state index in [0.29, 0.717) is 26.4 Å². The van der Waals surface area contributed by atoms with Crippen LogP contribution >= 0.6 is 0 Å². The van der Waals surface area contributed by atoms with E-state index in [1.807, 2.05) is 0 Å². The minimum atomic E-state index is -0.299. The third kappa shape index (κ3) is 4.32. The first-order valence-corrected chi connectivity index (χ1v) is 4.74. The van der Waals surface area contributed by atoms with Gasteiger partial charge in [0.25, 0.3) is 0 Å². The fourth-order valence-electron chi connectivity index (χ4n) is 0.983. The first-order valence-electron chi connectivity index (χ1n) is 4.74. The van der Waals surface area contributed by atoms with E-state index in [1.165, 1.54) is 0 Å². The van der Waals surface area contributed by atoms with Gasteiger partial charge in [-0.25, -0.2) is 0 Å². The number of ether oxygens (including phenoxy) is 4. The summed E-state index contributed by atoms with van der Waals surface area (Å²) >= 11 is 0. The Hall–Kier alpha value is -1.54. The summed E-state index contributed by atoms with van der Waals surface area (Å²) in [5.74, 6) is -0.599. The molecule has 0 unspecified atom stereocenters. The Labute approximate surface area is 92.0 Å². The van der Waals surface area contributed by atoms with Crippen molar-refractivity contribution in [2.75, 3.05) is 39.6 Å². The molecule has 0 amide bonds. The van der Waals surface area contributed by atoms with Crippen LogP contribution in [0.2, 0.25) is 0 Å². The molecule has 1 heterocycles. The van der Waals surface area contributed by atoms with Crippen LogP contribution in [0.5, 0.6) is 0 Å². The van der Waals surface area contributed by atoms with Crippen molar-refractivity contribution < 1.29 is 29.4 Å². The summed E-state index contributed by atoms with van der Waals surface area (Å²) in [6.07, 6.45) is 0. The summed E-state index contributed by atoms with van der Waals surface area (Å²) in [4.78, 5) is 0. The molecule has 1 aliphatic rings. The van der Waals surface area contributed by atoms with Crippen LogP contribution in [0.25, 0.3) is 0 Å². The zero-order valence-electron chi connectivity index (χ0n) is 8.66. The summed E-state index contributed by atoms with van der Waals surface area (Å²) < 4.78 is 20.2. The lowest BCUT2D eigenvalue weighted by atomic mass is 10.6. The summed E-state index contributed by atoms with van der Waals surface area (Å²) in [5, 5.41) is 22.9. The second-order valence-corrected chi connectivity index (χ2v) is 2.73. The van der Waals surface area contributed by atoms with Crippen molar-refractivity contribution in [1.29, 1.82) is 0 Å². The summed E-state index contributed by atoms with van der Waals surface area (Å²) in [7, 11) is 0. The second kappa shape index (κ2) is 7.71. The minimum absolute atomic E-state index is 0.155.